The third-order valence-corrected chi connectivity index (χ3v) is 8.63. The van der Waals surface area contributed by atoms with Gasteiger partial charge in [0.25, 0.3) is 0 Å². The first-order chi connectivity index (χ1) is 12.0. The topological polar surface area (TPSA) is 64.3 Å². The summed E-state index contributed by atoms with van der Waals surface area (Å²) in [6.07, 6.45) is 0. The molecule has 0 radical (unpaired) electrons. The number of aryl methyl sites for hydroxylation is 1. The quantitative estimate of drug-likeness (QED) is 0.299. The molecule has 0 saturated carbocycles. The molecule has 2 heterocycles. The Balaban J connectivity index is 2.04. The number of hydrogen-bond acceptors (Lipinski definition) is 4. The molecule has 0 amide bonds. The van der Waals surface area contributed by atoms with Crippen LogP contribution in [0.1, 0.15) is 5.56 Å². The van der Waals surface area contributed by atoms with Gasteiger partial charge in [0.15, 0.2) is 0 Å². The number of fused-ring (bicyclic) bond motifs is 6. The van der Waals surface area contributed by atoms with Crippen molar-refractivity contribution in [1.29, 1.82) is 0 Å². The molecule has 0 aliphatic carbocycles. The van der Waals surface area contributed by atoms with Gasteiger partial charge >= 0.3 is 144 Å². The molecular weight excluding hydrogens is 383 g/mol. The second-order valence-electron chi connectivity index (χ2n) is 6.29. The zero-order valence-electron chi connectivity index (χ0n) is 13.2. The minimum absolute atomic E-state index is 0.136. The van der Waals surface area contributed by atoms with Crippen LogP contribution in [0, 0.1) is 6.92 Å². The molecule has 1 aliphatic rings. The van der Waals surface area contributed by atoms with Gasteiger partial charge in [-0.2, -0.15) is 0 Å². The van der Waals surface area contributed by atoms with Crippen LogP contribution >= 0.6 is 0 Å². The zero-order chi connectivity index (χ0) is 17.3. The van der Waals surface area contributed by atoms with E-state index in [1.165, 1.54) is 0 Å². The third kappa shape index (κ3) is 1.85. The number of hydrogen-bond donors (Lipinski definition) is 0. The van der Waals surface area contributed by atoms with Gasteiger partial charge in [0.05, 0.1) is 0 Å². The van der Waals surface area contributed by atoms with Crippen molar-refractivity contribution in [2.45, 2.75) is 6.92 Å². The molecule has 3 aromatic carbocycles. The van der Waals surface area contributed by atoms with Crippen LogP contribution in [0.5, 0.6) is 0 Å². The van der Waals surface area contributed by atoms with E-state index in [-0.39, 0.29) is 14.5 Å². The minimum atomic E-state index is -4.69. The summed E-state index contributed by atoms with van der Waals surface area (Å²) in [7, 11) is 0. The Hall–Kier alpha value is -2.75. The summed E-state index contributed by atoms with van der Waals surface area (Å²) in [6.45, 7) is 1.88. The van der Waals surface area contributed by atoms with Gasteiger partial charge in [-0.25, -0.2) is 0 Å². The van der Waals surface area contributed by atoms with Crippen molar-refractivity contribution < 1.29 is 12.1 Å². The average molecular weight is 395 g/mol. The summed E-state index contributed by atoms with van der Waals surface area (Å²) in [4.78, 5) is 12.6. The van der Waals surface area contributed by atoms with E-state index in [9.17, 15) is 12.5 Å². The van der Waals surface area contributed by atoms with Crippen molar-refractivity contribution in [1.82, 2.24) is 0 Å². The van der Waals surface area contributed by atoms with Gasteiger partial charge in [0, 0.05) is 0 Å². The maximum atomic E-state index is 13.3. The van der Waals surface area contributed by atoms with E-state index >= 15 is 0 Å². The summed E-state index contributed by atoms with van der Waals surface area (Å²) in [5, 5.41) is 2.22. The van der Waals surface area contributed by atoms with E-state index in [1.54, 1.807) is 30.3 Å². The molecule has 25 heavy (non-hydrogen) atoms. The van der Waals surface area contributed by atoms with Crippen LogP contribution in [-0.4, -0.2) is 12.7 Å². The van der Waals surface area contributed by atoms with E-state index in [0.29, 0.717) is 16.5 Å². The summed E-state index contributed by atoms with van der Waals surface area (Å²) in [5.41, 5.74) is 1.24. The van der Waals surface area contributed by atoms with Crippen LogP contribution in [0.4, 0.5) is 0 Å². The Morgan fingerprint density at radius 1 is 0.920 bits per heavy atom. The van der Waals surface area contributed by atoms with E-state index in [1.807, 2.05) is 31.2 Å². The molecule has 5 heteroatoms. The zero-order valence-corrected chi connectivity index (χ0v) is 15.0. The molecule has 4 aromatic rings. The molecule has 0 unspecified atom stereocenters. The fraction of sp³-hybridized carbons (Fsp3) is 0.0500. The van der Waals surface area contributed by atoms with Gasteiger partial charge in [0.2, 0.25) is 0 Å². The second kappa shape index (κ2) is 4.66. The van der Waals surface area contributed by atoms with Crippen LogP contribution in [0.15, 0.2) is 63.8 Å². The molecule has 0 fully saturated rings. The Morgan fingerprint density at radius 3 is 2.40 bits per heavy atom. The molecular formula is C20H12O4Se. The van der Waals surface area contributed by atoms with Crippen molar-refractivity contribution in [3.63, 3.8) is 0 Å². The fourth-order valence-electron chi connectivity index (χ4n) is 3.55. The first-order valence-electron chi connectivity index (χ1n) is 7.82. The Labute approximate surface area is 144 Å². The Bertz CT molecular complexity index is 1380. The summed E-state index contributed by atoms with van der Waals surface area (Å²) >= 11 is -4.69. The predicted octanol–water partition coefficient (Wildman–Crippen LogP) is 2.65. The van der Waals surface area contributed by atoms with Crippen LogP contribution < -0.4 is 14.5 Å². The third-order valence-electron chi connectivity index (χ3n) is 4.69. The van der Waals surface area contributed by atoms with Gasteiger partial charge in [0.1, 0.15) is 0 Å². The second-order valence-corrected chi connectivity index (χ2v) is 10.2. The SMILES string of the molecule is Cc1ccc2oc(=O)c3c(c2c1)[Se](=O)(=O)c1cc2ccccc2cc1-3. The first kappa shape index (κ1) is 14.6. The summed E-state index contributed by atoms with van der Waals surface area (Å²) in [6, 6.07) is 16.2. The fourth-order valence-corrected chi connectivity index (χ4v) is 7.46. The van der Waals surface area contributed by atoms with Crippen LogP contribution in [0.3, 0.4) is 0 Å². The van der Waals surface area contributed by atoms with Gasteiger partial charge in [-0.05, 0) is 0 Å². The molecule has 122 valence electrons. The standard InChI is InChI=1S/C20H12O4Se/c1-11-6-7-16-14(8-11)19-18(20(21)24-16)15-9-12-4-2-3-5-13(12)10-17(15)25(19,22)23/h2-10H,1H3. The monoisotopic (exact) mass is 396 g/mol. The van der Waals surface area contributed by atoms with Crippen LogP contribution in [-0.2, 0) is 7.67 Å². The first-order valence-corrected chi connectivity index (χ1v) is 10.9. The van der Waals surface area contributed by atoms with E-state index < -0.39 is 18.3 Å². The molecule has 0 saturated heterocycles. The normalized spacial score (nSPS) is 14.6. The molecule has 5 rings (SSSR count). The summed E-state index contributed by atoms with van der Waals surface area (Å²) < 4.78 is 32.4. The molecule has 0 spiro atoms. The van der Waals surface area contributed by atoms with E-state index in [4.69, 9.17) is 4.42 Å². The van der Waals surface area contributed by atoms with Crippen LogP contribution in [0.2, 0.25) is 0 Å². The predicted molar refractivity (Wildman–Crippen MR) is 96.6 cm³/mol. The molecule has 0 atom stereocenters. The average Bonchev–Trinajstić information content (AvgIpc) is 2.82. The van der Waals surface area contributed by atoms with Crippen molar-refractivity contribution in [2.75, 3.05) is 0 Å². The van der Waals surface area contributed by atoms with E-state index in [0.717, 1.165) is 16.3 Å². The Kier molecular flexibility index (Phi) is 2.72. The Morgan fingerprint density at radius 2 is 1.64 bits per heavy atom. The molecule has 4 nitrogen and oxygen atoms in total. The van der Waals surface area contributed by atoms with Gasteiger partial charge in [-0.15, -0.1) is 0 Å². The van der Waals surface area contributed by atoms with Crippen LogP contribution in [0.25, 0.3) is 32.9 Å². The van der Waals surface area contributed by atoms with Gasteiger partial charge in [-0.3, -0.25) is 0 Å². The molecule has 0 bridgehead atoms. The summed E-state index contributed by atoms with van der Waals surface area (Å²) in [5.74, 6) is 0. The van der Waals surface area contributed by atoms with Crippen molar-refractivity contribution in [3.8, 4) is 11.1 Å². The maximum absolute atomic E-state index is 13.3. The number of rotatable bonds is 0. The number of benzene rings is 3. The van der Waals surface area contributed by atoms with Crippen molar-refractivity contribution in [3.05, 3.63) is 70.6 Å². The van der Waals surface area contributed by atoms with Gasteiger partial charge in [-0.1, -0.05) is 0 Å². The van der Waals surface area contributed by atoms with E-state index in [2.05, 4.69) is 0 Å². The molecule has 0 N–H and O–H groups in total. The molecule has 1 aromatic heterocycles. The molecule has 1 aliphatic heterocycles. The van der Waals surface area contributed by atoms with Gasteiger partial charge < -0.3 is 0 Å². The van der Waals surface area contributed by atoms with Crippen molar-refractivity contribution in [2.24, 2.45) is 0 Å². The van der Waals surface area contributed by atoms with Crippen molar-refractivity contribution >= 4 is 43.4 Å².